The van der Waals surface area contributed by atoms with E-state index in [0.29, 0.717) is 38.1 Å². The number of hydroxylamine groups is 1. The van der Waals surface area contributed by atoms with Crippen LogP contribution in [0.5, 0.6) is 0 Å². The van der Waals surface area contributed by atoms with E-state index in [0.717, 1.165) is 5.56 Å². The SMILES string of the molecule is O=C(NOCc1ccccc1)C1CCN(C(=O)c2ccc(F)cc2)CC1. The fourth-order valence-corrected chi connectivity index (χ4v) is 2.97. The molecule has 0 unspecified atom stereocenters. The molecule has 1 N–H and O–H groups in total. The summed E-state index contributed by atoms with van der Waals surface area (Å²) in [7, 11) is 0. The number of hydrogen-bond acceptors (Lipinski definition) is 3. The molecule has 0 spiro atoms. The van der Waals surface area contributed by atoms with Gasteiger partial charge in [0.15, 0.2) is 0 Å². The molecular weight excluding hydrogens is 335 g/mol. The van der Waals surface area contributed by atoms with E-state index in [-0.39, 0.29) is 23.5 Å². The number of halogens is 1. The number of carbonyl (C=O) groups is 2. The lowest BCUT2D eigenvalue weighted by Crippen LogP contribution is -2.43. The number of amides is 2. The summed E-state index contributed by atoms with van der Waals surface area (Å²) < 4.78 is 13.0. The van der Waals surface area contributed by atoms with Crippen LogP contribution in [0.15, 0.2) is 54.6 Å². The Labute approximate surface area is 151 Å². The number of piperidine rings is 1. The van der Waals surface area contributed by atoms with Crippen LogP contribution < -0.4 is 5.48 Å². The van der Waals surface area contributed by atoms with E-state index in [1.54, 1.807) is 4.90 Å². The molecule has 5 nitrogen and oxygen atoms in total. The van der Waals surface area contributed by atoms with Crippen molar-refractivity contribution in [3.63, 3.8) is 0 Å². The minimum atomic E-state index is -0.368. The number of rotatable bonds is 5. The summed E-state index contributed by atoms with van der Waals surface area (Å²) >= 11 is 0. The zero-order chi connectivity index (χ0) is 18.4. The van der Waals surface area contributed by atoms with Gasteiger partial charge in [-0.15, -0.1) is 0 Å². The molecule has 1 fully saturated rings. The summed E-state index contributed by atoms with van der Waals surface area (Å²) in [6.45, 7) is 1.30. The summed E-state index contributed by atoms with van der Waals surface area (Å²) in [4.78, 5) is 31.6. The molecule has 26 heavy (non-hydrogen) atoms. The van der Waals surface area contributed by atoms with Crippen molar-refractivity contribution in [2.75, 3.05) is 13.1 Å². The smallest absolute Gasteiger partial charge is 0.253 e. The summed E-state index contributed by atoms with van der Waals surface area (Å²) in [5, 5.41) is 0. The van der Waals surface area contributed by atoms with E-state index in [2.05, 4.69) is 5.48 Å². The molecule has 1 aliphatic rings. The Morgan fingerprint density at radius 2 is 1.69 bits per heavy atom. The summed E-state index contributed by atoms with van der Waals surface area (Å²) in [5.41, 5.74) is 3.94. The molecule has 2 aromatic carbocycles. The lowest BCUT2D eigenvalue weighted by Gasteiger charge is -2.31. The molecule has 6 heteroatoms. The third-order valence-electron chi connectivity index (χ3n) is 4.50. The standard InChI is InChI=1S/C20H21FN2O3/c21-18-8-6-17(7-9-18)20(25)23-12-10-16(11-13-23)19(24)22-26-14-15-4-2-1-3-5-15/h1-9,16H,10-14H2,(H,22,24). The third kappa shape index (κ3) is 4.67. The first-order valence-corrected chi connectivity index (χ1v) is 8.64. The van der Waals surface area contributed by atoms with Crippen LogP contribution in [0.4, 0.5) is 4.39 Å². The normalized spacial score (nSPS) is 14.9. The Bertz CT molecular complexity index is 741. The van der Waals surface area contributed by atoms with Gasteiger partial charge >= 0.3 is 0 Å². The fraction of sp³-hybridized carbons (Fsp3) is 0.300. The lowest BCUT2D eigenvalue weighted by atomic mass is 9.96. The summed E-state index contributed by atoms with van der Waals surface area (Å²) in [5.74, 6) is -0.838. The molecule has 3 rings (SSSR count). The molecule has 0 saturated carbocycles. The van der Waals surface area contributed by atoms with Gasteiger partial charge in [0, 0.05) is 24.6 Å². The van der Waals surface area contributed by atoms with Crippen LogP contribution in [0.2, 0.25) is 0 Å². The maximum atomic E-state index is 13.0. The van der Waals surface area contributed by atoms with Crippen molar-refractivity contribution in [2.45, 2.75) is 19.4 Å². The Hall–Kier alpha value is -2.73. The number of likely N-dealkylation sites (tertiary alicyclic amines) is 1. The minimum absolute atomic E-state index is 0.135. The molecule has 1 saturated heterocycles. The van der Waals surface area contributed by atoms with E-state index < -0.39 is 0 Å². The fourth-order valence-electron chi connectivity index (χ4n) is 2.97. The van der Waals surface area contributed by atoms with Gasteiger partial charge in [-0.1, -0.05) is 30.3 Å². The molecule has 0 aliphatic carbocycles. The zero-order valence-corrected chi connectivity index (χ0v) is 14.4. The van der Waals surface area contributed by atoms with E-state index in [1.165, 1.54) is 24.3 Å². The average Bonchev–Trinajstić information content (AvgIpc) is 2.69. The van der Waals surface area contributed by atoms with E-state index in [4.69, 9.17) is 4.84 Å². The quantitative estimate of drug-likeness (QED) is 0.838. The van der Waals surface area contributed by atoms with Crippen molar-refractivity contribution < 1.29 is 18.8 Å². The highest BCUT2D eigenvalue weighted by atomic mass is 19.1. The van der Waals surface area contributed by atoms with Crippen LogP contribution in [0.3, 0.4) is 0 Å². The average molecular weight is 356 g/mol. The zero-order valence-electron chi connectivity index (χ0n) is 14.4. The summed E-state index contributed by atoms with van der Waals surface area (Å²) in [6, 6.07) is 15.1. The predicted molar refractivity (Wildman–Crippen MR) is 94.4 cm³/mol. The highest BCUT2D eigenvalue weighted by Gasteiger charge is 2.28. The monoisotopic (exact) mass is 356 g/mol. The Morgan fingerprint density at radius 1 is 1.04 bits per heavy atom. The molecular formula is C20H21FN2O3. The molecule has 2 amide bonds. The maximum absolute atomic E-state index is 13.0. The maximum Gasteiger partial charge on any atom is 0.253 e. The highest BCUT2D eigenvalue weighted by molar-refractivity contribution is 5.94. The number of carbonyl (C=O) groups excluding carboxylic acids is 2. The van der Waals surface area contributed by atoms with Crippen molar-refractivity contribution in [1.29, 1.82) is 0 Å². The first-order valence-electron chi connectivity index (χ1n) is 8.64. The van der Waals surface area contributed by atoms with Crippen molar-refractivity contribution in [3.05, 3.63) is 71.5 Å². The Balaban J connectivity index is 1.43. The van der Waals surface area contributed by atoms with Crippen LogP contribution >= 0.6 is 0 Å². The van der Waals surface area contributed by atoms with Crippen LogP contribution in [-0.4, -0.2) is 29.8 Å². The van der Waals surface area contributed by atoms with E-state index in [1.807, 2.05) is 30.3 Å². The molecule has 2 aromatic rings. The Morgan fingerprint density at radius 3 is 2.35 bits per heavy atom. The van der Waals surface area contributed by atoms with Gasteiger partial charge in [-0.3, -0.25) is 14.4 Å². The van der Waals surface area contributed by atoms with Crippen molar-refractivity contribution in [1.82, 2.24) is 10.4 Å². The number of nitrogens with zero attached hydrogens (tertiary/aromatic N) is 1. The second-order valence-electron chi connectivity index (χ2n) is 6.31. The second-order valence-corrected chi connectivity index (χ2v) is 6.31. The molecule has 136 valence electrons. The first kappa shape index (κ1) is 18.1. The first-order chi connectivity index (χ1) is 12.6. The van der Waals surface area contributed by atoms with Gasteiger partial charge in [0.2, 0.25) is 5.91 Å². The van der Waals surface area contributed by atoms with Crippen molar-refractivity contribution in [3.8, 4) is 0 Å². The van der Waals surface area contributed by atoms with Gasteiger partial charge in [-0.25, -0.2) is 9.87 Å². The minimum Gasteiger partial charge on any atom is -0.339 e. The third-order valence-corrected chi connectivity index (χ3v) is 4.50. The molecule has 1 aliphatic heterocycles. The number of hydrogen-bond donors (Lipinski definition) is 1. The van der Waals surface area contributed by atoms with Gasteiger partial charge in [0.25, 0.3) is 5.91 Å². The molecule has 0 radical (unpaired) electrons. The largest absolute Gasteiger partial charge is 0.339 e. The molecule has 1 heterocycles. The van der Waals surface area contributed by atoms with Crippen LogP contribution in [-0.2, 0) is 16.2 Å². The topological polar surface area (TPSA) is 58.6 Å². The van der Waals surface area contributed by atoms with Crippen molar-refractivity contribution >= 4 is 11.8 Å². The van der Waals surface area contributed by atoms with Gasteiger partial charge in [-0.05, 0) is 42.7 Å². The number of nitrogens with one attached hydrogen (secondary N) is 1. The second kappa shape index (κ2) is 8.58. The van der Waals surface area contributed by atoms with Gasteiger partial charge < -0.3 is 4.90 Å². The van der Waals surface area contributed by atoms with Crippen LogP contribution in [0, 0.1) is 11.7 Å². The van der Waals surface area contributed by atoms with Gasteiger partial charge in [0.05, 0.1) is 6.61 Å². The van der Waals surface area contributed by atoms with Crippen LogP contribution in [0.25, 0.3) is 0 Å². The molecule has 0 aromatic heterocycles. The molecule has 0 atom stereocenters. The van der Waals surface area contributed by atoms with E-state index >= 15 is 0 Å². The lowest BCUT2D eigenvalue weighted by molar-refractivity contribution is -0.140. The Kier molecular flexibility index (Phi) is 5.96. The van der Waals surface area contributed by atoms with Gasteiger partial charge in [0.1, 0.15) is 5.82 Å². The number of benzene rings is 2. The highest BCUT2D eigenvalue weighted by Crippen LogP contribution is 2.19. The van der Waals surface area contributed by atoms with Gasteiger partial charge in [-0.2, -0.15) is 0 Å². The summed E-state index contributed by atoms with van der Waals surface area (Å²) in [6.07, 6.45) is 1.15. The van der Waals surface area contributed by atoms with Crippen molar-refractivity contribution in [2.24, 2.45) is 5.92 Å². The van der Waals surface area contributed by atoms with Crippen LogP contribution in [0.1, 0.15) is 28.8 Å². The predicted octanol–water partition coefficient (Wildman–Crippen LogP) is 2.93. The molecule has 0 bridgehead atoms. The van der Waals surface area contributed by atoms with E-state index in [9.17, 15) is 14.0 Å².